The maximum atomic E-state index is 9.56. The third-order valence-corrected chi connectivity index (χ3v) is 5.93. The van der Waals surface area contributed by atoms with Gasteiger partial charge in [0.05, 0.1) is 18.7 Å². The minimum Gasteiger partial charge on any atom is -0.492 e. The van der Waals surface area contributed by atoms with Crippen molar-refractivity contribution in [2.75, 3.05) is 6.61 Å². The van der Waals surface area contributed by atoms with Gasteiger partial charge in [-0.3, -0.25) is 0 Å². The van der Waals surface area contributed by atoms with E-state index in [-0.39, 0.29) is 6.04 Å². The smallest absolute Gasteiger partial charge is 0.258 e. The average molecular weight is 455 g/mol. The number of aromatic amines is 1. The highest BCUT2D eigenvalue weighted by Gasteiger charge is 2.26. The summed E-state index contributed by atoms with van der Waals surface area (Å²) in [5, 5.41) is 17.4. The Hall–Kier alpha value is -3.96. The Morgan fingerprint density at radius 2 is 2.21 bits per heavy atom. The fourth-order valence-corrected chi connectivity index (χ4v) is 4.27. The number of benzene rings is 2. The van der Waals surface area contributed by atoms with Crippen LogP contribution < -0.4 is 10.1 Å². The van der Waals surface area contributed by atoms with Gasteiger partial charge in [0.15, 0.2) is 0 Å². The number of H-pyrrole nitrogens is 1. The Morgan fingerprint density at radius 1 is 1.29 bits per heavy atom. The van der Waals surface area contributed by atoms with Crippen LogP contribution in [0.15, 0.2) is 53.3 Å². The number of ether oxygens (including phenoxy) is 1. The second kappa shape index (κ2) is 9.49. The number of aromatic nitrogens is 4. The topological polar surface area (TPSA) is 113 Å². The van der Waals surface area contributed by atoms with E-state index in [1.807, 2.05) is 24.4 Å². The first kappa shape index (κ1) is 21.9. The summed E-state index contributed by atoms with van der Waals surface area (Å²) >= 11 is 0. The lowest BCUT2D eigenvalue weighted by atomic mass is 10.0. The van der Waals surface area contributed by atoms with E-state index in [2.05, 4.69) is 51.4 Å². The largest absolute Gasteiger partial charge is 0.492 e. The summed E-state index contributed by atoms with van der Waals surface area (Å²) < 4.78 is 11.3. The standard InChI is InChI=1S/C26H26N6O2/c1-16(2)15-33-23-9-6-17(12-18(23)13-27)26-31-25(32-34-26)21-5-3-4-20-19(21)7-8-22(20)30-14-24-28-10-11-29-24/h3-6,9-12,16,22,30H,7-8,14-15H2,1-2H3,(H,28,29). The lowest BCUT2D eigenvalue weighted by molar-refractivity contribution is 0.270. The zero-order valence-corrected chi connectivity index (χ0v) is 19.2. The van der Waals surface area contributed by atoms with E-state index in [1.165, 1.54) is 11.1 Å². The summed E-state index contributed by atoms with van der Waals surface area (Å²) in [6.07, 6.45) is 5.53. The summed E-state index contributed by atoms with van der Waals surface area (Å²) in [6.45, 7) is 5.37. The minimum absolute atomic E-state index is 0.253. The predicted molar refractivity (Wildman–Crippen MR) is 127 cm³/mol. The Balaban J connectivity index is 1.37. The van der Waals surface area contributed by atoms with Crippen LogP contribution in [-0.4, -0.2) is 26.7 Å². The van der Waals surface area contributed by atoms with Crippen LogP contribution >= 0.6 is 0 Å². The second-order valence-electron chi connectivity index (χ2n) is 8.83. The van der Waals surface area contributed by atoms with Gasteiger partial charge in [0.1, 0.15) is 17.6 Å². The maximum Gasteiger partial charge on any atom is 0.258 e. The van der Waals surface area contributed by atoms with Gasteiger partial charge in [-0.05, 0) is 48.1 Å². The highest BCUT2D eigenvalue weighted by Crippen LogP contribution is 2.37. The fraction of sp³-hybridized carbons (Fsp3) is 0.308. The number of rotatable bonds is 8. The van der Waals surface area contributed by atoms with E-state index >= 15 is 0 Å². The number of hydrogen-bond acceptors (Lipinski definition) is 7. The molecular formula is C26H26N6O2. The molecule has 0 aliphatic heterocycles. The number of fused-ring (bicyclic) bond motifs is 1. The number of nitrogens with zero attached hydrogens (tertiary/aromatic N) is 4. The van der Waals surface area contributed by atoms with Crippen LogP contribution in [0.5, 0.6) is 5.75 Å². The van der Waals surface area contributed by atoms with Crippen LogP contribution in [0.25, 0.3) is 22.8 Å². The van der Waals surface area contributed by atoms with Crippen molar-refractivity contribution in [1.29, 1.82) is 5.26 Å². The normalized spacial score (nSPS) is 14.8. The van der Waals surface area contributed by atoms with Crippen molar-refractivity contribution in [2.45, 2.75) is 39.3 Å². The monoisotopic (exact) mass is 454 g/mol. The molecule has 5 rings (SSSR count). The first-order valence-corrected chi connectivity index (χ1v) is 11.5. The molecule has 1 unspecified atom stereocenters. The summed E-state index contributed by atoms with van der Waals surface area (Å²) in [7, 11) is 0. The van der Waals surface area contributed by atoms with Crippen LogP contribution in [0.4, 0.5) is 0 Å². The molecular weight excluding hydrogens is 428 g/mol. The Morgan fingerprint density at radius 3 is 3.00 bits per heavy atom. The molecule has 2 aromatic carbocycles. The van der Waals surface area contributed by atoms with Gasteiger partial charge in [0, 0.05) is 29.6 Å². The third-order valence-electron chi connectivity index (χ3n) is 5.93. The lowest BCUT2D eigenvalue weighted by Crippen LogP contribution is -2.19. The van der Waals surface area contributed by atoms with E-state index in [1.54, 1.807) is 18.3 Å². The van der Waals surface area contributed by atoms with Crippen molar-refractivity contribution < 1.29 is 9.26 Å². The first-order chi connectivity index (χ1) is 16.6. The SMILES string of the molecule is CC(C)COc1ccc(-c2nc(-c3cccc4c3CCC4NCc3ncc[nH]3)no2)cc1C#N. The van der Waals surface area contributed by atoms with E-state index in [9.17, 15) is 5.26 Å². The number of nitriles is 1. The molecule has 172 valence electrons. The van der Waals surface area contributed by atoms with Crippen molar-refractivity contribution in [3.05, 3.63) is 71.3 Å². The zero-order valence-electron chi connectivity index (χ0n) is 19.2. The molecule has 0 spiro atoms. The Bertz CT molecular complexity index is 1320. The summed E-state index contributed by atoms with van der Waals surface area (Å²) in [4.78, 5) is 12.1. The molecule has 0 saturated carbocycles. The van der Waals surface area contributed by atoms with Gasteiger partial charge in [-0.1, -0.05) is 37.2 Å². The quantitative estimate of drug-likeness (QED) is 0.393. The van der Waals surface area contributed by atoms with Gasteiger partial charge in [-0.15, -0.1) is 0 Å². The number of imidazole rings is 1. The second-order valence-corrected chi connectivity index (χ2v) is 8.83. The lowest BCUT2D eigenvalue weighted by Gasteiger charge is -2.13. The van der Waals surface area contributed by atoms with Crippen LogP contribution in [0.1, 0.15) is 48.8 Å². The molecule has 0 radical (unpaired) electrons. The van der Waals surface area contributed by atoms with E-state index in [4.69, 9.17) is 9.26 Å². The molecule has 0 amide bonds. The zero-order chi connectivity index (χ0) is 23.5. The molecule has 4 aromatic rings. The molecule has 2 heterocycles. The highest BCUT2D eigenvalue weighted by atomic mass is 16.5. The molecule has 0 bridgehead atoms. The van der Waals surface area contributed by atoms with E-state index in [0.29, 0.717) is 47.7 Å². The number of nitrogens with one attached hydrogen (secondary N) is 2. The molecule has 1 atom stereocenters. The molecule has 1 aliphatic carbocycles. The van der Waals surface area contributed by atoms with E-state index < -0.39 is 0 Å². The van der Waals surface area contributed by atoms with Gasteiger partial charge in [0.25, 0.3) is 5.89 Å². The van der Waals surface area contributed by atoms with Gasteiger partial charge in [0.2, 0.25) is 5.82 Å². The molecule has 2 N–H and O–H groups in total. The van der Waals surface area contributed by atoms with Crippen LogP contribution in [0.3, 0.4) is 0 Å². The van der Waals surface area contributed by atoms with Crippen LogP contribution in [0, 0.1) is 17.2 Å². The molecule has 0 fully saturated rings. The Kier molecular flexibility index (Phi) is 6.11. The third kappa shape index (κ3) is 4.43. The first-order valence-electron chi connectivity index (χ1n) is 11.5. The Labute approximate surface area is 198 Å². The summed E-state index contributed by atoms with van der Waals surface area (Å²) in [6, 6.07) is 14.0. The average Bonchev–Trinajstić information content (AvgIpc) is 3.62. The molecule has 0 saturated heterocycles. The van der Waals surface area contributed by atoms with Gasteiger partial charge in [-0.25, -0.2) is 4.98 Å². The molecule has 8 nitrogen and oxygen atoms in total. The minimum atomic E-state index is 0.253. The van der Waals surface area contributed by atoms with Crippen molar-refractivity contribution in [3.8, 4) is 34.7 Å². The molecule has 2 aromatic heterocycles. The van der Waals surface area contributed by atoms with Crippen LogP contribution in [-0.2, 0) is 13.0 Å². The fourth-order valence-electron chi connectivity index (χ4n) is 4.27. The molecule has 34 heavy (non-hydrogen) atoms. The van der Waals surface area contributed by atoms with Crippen LogP contribution in [0.2, 0.25) is 0 Å². The number of hydrogen-bond donors (Lipinski definition) is 2. The van der Waals surface area contributed by atoms with Crippen molar-refractivity contribution >= 4 is 0 Å². The van der Waals surface area contributed by atoms with Crippen molar-refractivity contribution in [1.82, 2.24) is 25.4 Å². The summed E-state index contributed by atoms with van der Waals surface area (Å²) in [5.74, 6) is 2.79. The van der Waals surface area contributed by atoms with Gasteiger partial charge in [-0.2, -0.15) is 10.2 Å². The van der Waals surface area contributed by atoms with Gasteiger partial charge >= 0.3 is 0 Å². The van der Waals surface area contributed by atoms with E-state index in [0.717, 1.165) is 24.2 Å². The molecule has 8 heteroatoms. The molecule has 1 aliphatic rings. The van der Waals surface area contributed by atoms with Gasteiger partial charge < -0.3 is 19.6 Å². The maximum absolute atomic E-state index is 9.56. The predicted octanol–water partition coefficient (Wildman–Crippen LogP) is 4.81. The summed E-state index contributed by atoms with van der Waals surface area (Å²) in [5.41, 5.74) is 4.62. The van der Waals surface area contributed by atoms with Crippen molar-refractivity contribution in [2.24, 2.45) is 5.92 Å². The highest BCUT2D eigenvalue weighted by molar-refractivity contribution is 5.67. The van der Waals surface area contributed by atoms with Crippen molar-refractivity contribution in [3.63, 3.8) is 0 Å².